The number of esters is 1. The number of nitrogens with one attached hydrogen (secondary N) is 1. The lowest BCUT2D eigenvalue weighted by molar-refractivity contribution is -0.155. The Labute approximate surface area is 86.2 Å². The summed E-state index contributed by atoms with van der Waals surface area (Å²) in [4.78, 5) is 11.4. The molecule has 1 atom stereocenters. The molecule has 1 aliphatic rings. The third kappa shape index (κ3) is 3.66. The molecule has 1 aliphatic carbocycles. The largest absolute Gasteiger partial charge is 0.461 e. The maximum Gasteiger partial charge on any atom is 0.309 e. The van der Waals surface area contributed by atoms with Crippen LogP contribution in [0.25, 0.3) is 0 Å². The van der Waals surface area contributed by atoms with Gasteiger partial charge in [-0.25, -0.2) is 0 Å². The number of ether oxygens (including phenoxy) is 1. The van der Waals surface area contributed by atoms with E-state index in [0.717, 1.165) is 32.4 Å². The molecular formula is C11H21NO2. The first-order chi connectivity index (χ1) is 6.74. The van der Waals surface area contributed by atoms with Crippen LogP contribution in [0, 0.1) is 5.92 Å². The first-order valence-corrected chi connectivity index (χ1v) is 5.65. The Morgan fingerprint density at radius 3 is 2.79 bits per heavy atom. The predicted molar refractivity (Wildman–Crippen MR) is 56.1 cm³/mol. The second kappa shape index (κ2) is 6.02. The molecule has 1 unspecified atom stereocenters. The molecule has 0 aromatic carbocycles. The van der Waals surface area contributed by atoms with Crippen LogP contribution in [-0.2, 0) is 9.53 Å². The number of hydrogen-bond donors (Lipinski definition) is 1. The van der Waals surface area contributed by atoms with Crippen LogP contribution in [0.15, 0.2) is 0 Å². The number of hydrogen-bond acceptors (Lipinski definition) is 3. The fourth-order valence-electron chi connectivity index (χ4n) is 1.46. The van der Waals surface area contributed by atoms with Crippen molar-refractivity contribution in [3.05, 3.63) is 0 Å². The fraction of sp³-hybridized carbons (Fsp3) is 0.909. The summed E-state index contributed by atoms with van der Waals surface area (Å²) in [6, 6.07) is 0. The summed E-state index contributed by atoms with van der Waals surface area (Å²) >= 11 is 0. The van der Waals surface area contributed by atoms with Gasteiger partial charge in [-0.1, -0.05) is 13.3 Å². The lowest BCUT2D eigenvalue weighted by Gasteiger charge is -2.25. The average Bonchev–Trinajstić information content (AvgIpc) is 2.00. The second-order valence-corrected chi connectivity index (χ2v) is 4.08. The van der Waals surface area contributed by atoms with E-state index < -0.39 is 0 Å². The molecule has 1 saturated carbocycles. The molecule has 1 N–H and O–H groups in total. The second-order valence-electron chi connectivity index (χ2n) is 4.08. The van der Waals surface area contributed by atoms with Crippen molar-refractivity contribution in [1.29, 1.82) is 0 Å². The zero-order valence-corrected chi connectivity index (χ0v) is 9.21. The molecule has 3 nitrogen and oxygen atoms in total. The molecule has 3 heteroatoms. The van der Waals surface area contributed by atoms with E-state index in [9.17, 15) is 4.79 Å². The summed E-state index contributed by atoms with van der Waals surface area (Å²) < 4.78 is 5.30. The Balaban J connectivity index is 2.06. The Bertz CT molecular complexity index is 178. The average molecular weight is 199 g/mol. The minimum atomic E-state index is 0.00190. The minimum absolute atomic E-state index is 0.00190. The number of carbonyl (C=O) groups excluding carboxylic acids is 1. The van der Waals surface area contributed by atoms with Gasteiger partial charge in [0.1, 0.15) is 6.10 Å². The molecule has 0 aliphatic heterocycles. The van der Waals surface area contributed by atoms with Crippen LogP contribution in [0.4, 0.5) is 0 Å². The number of carbonyl (C=O) groups is 1. The Morgan fingerprint density at radius 2 is 2.29 bits per heavy atom. The standard InChI is InChI=1S/C11H21NO2/c1-3-7-12-8-9(2)14-11(13)10-5-4-6-10/h9-10,12H,3-8H2,1-2H3. The van der Waals surface area contributed by atoms with Gasteiger partial charge in [0.05, 0.1) is 5.92 Å². The summed E-state index contributed by atoms with van der Waals surface area (Å²) in [5.74, 6) is 0.200. The van der Waals surface area contributed by atoms with E-state index in [1.807, 2.05) is 6.92 Å². The van der Waals surface area contributed by atoms with Gasteiger partial charge in [0.15, 0.2) is 0 Å². The highest BCUT2D eigenvalue weighted by Crippen LogP contribution is 2.27. The van der Waals surface area contributed by atoms with E-state index in [1.54, 1.807) is 0 Å². The van der Waals surface area contributed by atoms with Gasteiger partial charge >= 0.3 is 5.97 Å². The van der Waals surface area contributed by atoms with Crippen molar-refractivity contribution in [1.82, 2.24) is 5.32 Å². The fourth-order valence-corrected chi connectivity index (χ4v) is 1.46. The van der Waals surface area contributed by atoms with Crippen molar-refractivity contribution >= 4 is 5.97 Å². The topological polar surface area (TPSA) is 38.3 Å². The zero-order chi connectivity index (χ0) is 10.4. The van der Waals surface area contributed by atoms with Crippen LogP contribution in [0.3, 0.4) is 0 Å². The summed E-state index contributed by atoms with van der Waals surface area (Å²) in [6.45, 7) is 5.83. The van der Waals surface area contributed by atoms with Crippen LogP contribution in [0.2, 0.25) is 0 Å². The molecule has 82 valence electrons. The van der Waals surface area contributed by atoms with Gasteiger partial charge in [-0.05, 0) is 32.7 Å². The molecule has 1 fully saturated rings. The molecule has 0 aromatic rings. The van der Waals surface area contributed by atoms with E-state index >= 15 is 0 Å². The third-order valence-corrected chi connectivity index (χ3v) is 2.61. The Kier molecular flexibility index (Phi) is 4.94. The molecule has 0 amide bonds. The lowest BCUT2D eigenvalue weighted by Crippen LogP contribution is -2.33. The van der Waals surface area contributed by atoms with Crippen LogP contribution < -0.4 is 5.32 Å². The van der Waals surface area contributed by atoms with E-state index in [4.69, 9.17) is 4.74 Å². The first kappa shape index (κ1) is 11.5. The van der Waals surface area contributed by atoms with Crippen molar-refractivity contribution in [2.75, 3.05) is 13.1 Å². The third-order valence-electron chi connectivity index (χ3n) is 2.61. The maximum atomic E-state index is 11.4. The minimum Gasteiger partial charge on any atom is -0.461 e. The quantitative estimate of drug-likeness (QED) is 0.523. The lowest BCUT2D eigenvalue weighted by atomic mass is 9.86. The molecule has 0 heterocycles. The molecule has 0 saturated heterocycles. The summed E-state index contributed by atoms with van der Waals surface area (Å²) in [5, 5.41) is 3.24. The van der Waals surface area contributed by atoms with E-state index in [-0.39, 0.29) is 18.0 Å². The smallest absolute Gasteiger partial charge is 0.309 e. The Hall–Kier alpha value is -0.570. The van der Waals surface area contributed by atoms with Gasteiger partial charge in [0.25, 0.3) is 0 Å². The molecular weight excluding hydrogens is 178 g/mol. The van der Waals surface area contributed by atoms with Crippen molar-refractivity contribution in [2.45, 2.75) is 45.6 Å². The van der Waals surface area contributed by atoms with Gasteiger partial charge in [-0.3, -0.25) is 4.79 Å². The molecule has 14 heavy (non-hydrogen) atoms. The molecule has 0 spiro atoms. The predicted octanol–water partition coefficient (Wildman–Crippen LogP) is 1.72. The zero-order valence-electron chi connectivity index (χ0n) is 9.21. The van der Waals surface area contributed by atoms with Crippen LogP contribution in [0.5, 0.6) is 0 Å². The highest BCUT2D eigenvalue weighted by atomic mass is 16.5. The van der Waals surface area contributed by atoms with Crippen LogP contribution in [-0.4, -0.2) is 25.2 Å². The van der Waals surface area contributed by atoms with Crippen LogP contribution in [0.1, 0.15) is 39.5 Å². The van der Waals surface area contributed by atoms with E-state index in [1.165, 1.54) is 6.42 Å². The number of rotatable bonds is 6. The monoisotopic (exact) mass is 199 g/mol. The molecule has 0 bridgehead atoms. The molecule has 1 rings (SSSR count). The van der Waals surface area contributed by atoms with E-state index in [0.29, 0.717) is 0 Å². The van der Waals surface area contributed by atoms with Gasteiger partial charge in [0.2, 0.25) is 0 Å². The first-order valence-electron chi connectivity index (χ1n) is 5.65. The molecule has 0 aromatic heterocycles. The van der Waals surface area contributed by atoms with Gasteiger partial charge in [-0.15, -0.1) is 0 Å². The normalized spacial score (nSPS) is 18.7. The van der Waals surface area contributed by atoms with Crippen molar-refractivity contribution in [3.63, 3.8) is 0 Å². The van der Waals surface area contributed by atoms with Crippen molar-refractivity contribution in [3.8, 4) is 0 Å². The van der Waals surface area contributed by atoms with Gasteiger partial charge in [-0.2, -0.15) is 0 Å². The van der Waals surface area contributed by atoms with Gasteiger partial charge in [0, 0.05) is 6.54 Å². The van der Waals surface area contributed by atoms with Gasteiger partial charge < -0.3 is 10.1 Å². The van der Waals surface area contributed by atoms with E-state index in [2.05, 4.69) is 12.2 Å². The van der Waals surface area contributed by atoms with Crippen LogP contribution >= 0.6 is 0 Å². The summed E-state index contributed by atoms with van der Waals surface area (Å²) in [7, 11) is 0. The maximum absolute atomic E-state index is 11.4. The van der Waals surface area contributed by atoms with Crippen molar-refractivity contribution < 1.29 is 9.53 Å². The SMILES string of the molecule is CCCNCC(C)OC(=O)C1CCC1. The Morgan fingerprint density at radius 1 is 1.57 bits per heavy atom. The summed E-state index contributed by atoms with van der Waals surface area (Å²) in [6.07, 6.45) is 4.35. The highest BCUT2D eigenvalue weighted by molar-refractivity contribution is 5.73. The summed E-state index contributed by atoms with van der Waals surface area (Å²) in [5.41, 5.74) is 0. The highest BCUT2D eigenvalue weighted by Gasteiger charge is 2.27. The van der Waals surface area contributed by atoms with Crippen molar-refractivity contribution in [2.24, 2.45) is 5.92 Å². The molecule has 0 radical (unpaired) electrons.